The smallest absolute Gasteiger partial charge is 0.326 e. The van der Waals surface area contributed by atoms with Crippen LogP contribution in [0.15, 0.2) is 12.7 Å². The lowest BCUT2D eigenvalue weighted by atomic mass is 10.2. The van der Waals surface area contributed by atoms with Crippen LogP contribution in [-0.2, 0) is 9.53 Å². The van der Waals surface area contributed by atoms with Gasteiger partial charge in [0.1, 0.15) is 6.04 Å². The highest BCUT2D eigenvalue weighted by molar-refractivity contribution is 5.83. The van der Waals surface area contributed by atoms with E-state index >= 15 is 0 Å². The first kappa shape index (κ1) is 14.5. The molecule has 1 rings (SSSR count). The number of carbonyl (C=O) groups is 2. The van der Waals surface area contributed by atoms with E-state index in [0.717, 1.165) is 12.8 Å². The fourth-order valence-corrected chi connectivity index (χ4v) is 1.67. The molecule has 102 valence electrons. The Balaban J connectivity index is 2.52. The topological polar surface area (TPSA) is 78.9 Å². The summed E-state index contributed by atoms with van der Waals surface area (Å²) in [5, 5.41) is 11.6. The highest BCUT2D eigenvalue weighted by Crippen LogP contribution is 2.32. The molecule has 0 spiro atoms. The summed E-state index contributed by atoms with van der Waals surface area (Å²) in [4.78, 5) is 24.4. The Bertz CT molecular complexity index is 315. The number of hydrogen-bond donors (Lipinski definition) is 2. The Kier molecular flexibility index (Phi) is 5.64. The average molecular weight is 256 g/mol. The summed E-state index contributed by atoms with van der Waals surface area (Å²) < 4.78 is 4.91. The normalized spacial score (nSPS) is 15.8. The first-order valence-corrected chi connectivity index (χ1v) is 5.98. The van der Waals surface area contributed by atoms with Crippen LogP contribution in [0.3, 0.4) is 0 Å². The van der Waals surface area contributed by atoms with E-state index in [0.29, 0.717) is 19.7 Å². The molecular formula is C12H20N2O4. The van der Waals surface area contributed by atoms with Gasteiger partial charge in [-0.3, -0.25) is 0 Å². The lowest BCUT2D eigenvalue weighted by Gasteiger charge is -2.23. The van der Waals surface area contributed by atoms with Crippen molar-refractivity contribution < 1.29 is 19.4 Å². The summed E-state index contributed by atoms with van der Waals surface area (Å²) in [6.07, 6.45) is 3.32. The number of ether oxygens (including phenoxy) is 1. The molecule has 0 radical (unpaired) electrons. The molecular weight excluding hydrogens is 236 g/mol. The van der Waals surface area contributed by atoms with Gasteiger partial charge in [-0.25, -0.2) is 9.59 Å². The van der Waals surface area contributed by atoms with E-state index in [2.05, 4.69) is 11.9 Å². The number of hydrogen-bond acceptors (Lipinski definition) is 3. The third kappa shape index (κ3) is 4.37. The lowest BCUT2D eigenvalue weighted by Crippen LogP contribution is -2.49. The minimum atomic E-state index is -0.976. The number of carboxylic acid groups (broad SMARTS) is 1. The van der Waals surface area contributed by atoms with Gasteiger partial charge >= 0.3 is 12.0 Å². The van der Waals surface area contributed by atoms with Gasteiger partial charge in [0.15, 0.2) is 0 Å². The van der Waals surface area contributed by atoms with Crippen LogP contribution in [0.1, 0.15) is 12.8 Å². The average Bonchev–Trinajstić information content (AvgIpc) is 3.14. The van der Waals surface area contributed by atoms with Crippen LogP contribution in [0, 0.1) is 5.92 Å². The van der Waals surface area contributed by atoms with Crippen molar-refractivity contribution in [1.29, 1.82) is 0 Å². The summed E-state index contributed by atoms with van der Waals surface area (Å²) in [6, 6.07) is -1.17. The van der Waals surface area contributed by atoms with Crippen molar-refractivity contribution in [3.8, 4) is 0 Å². The number of carbonyl (C=O) groups excluding carboxylic acids is 1. The Morgan fingerprint density at radius 2 is 2.28 bits per heavy atom. The summed E-state index contributed by atoms with van der Waals surface area (Å²) in [5.41, 5.74) is 0. The zero-order chi connectivity index (χ0) is 13.5. The fraction of sp³-hybridized carbons (Fsp3) is 0.667. The van der Waals surface area contributed by atoms with Crippen LogP contribution in [-0.4, -0.2) is 54.9 Å². The SMILES string of the molecule is C=CCN(CCOC)C(=O)NC(C(=O)O)C1CC1. The molecule has 1 fully saturated rings. The molecule has 0 saturated heterocycles. The molecule has 1 aliphatic rings. The molecule has 1 atom stereocenters. The van der Waals surface area contributed by atoms with Crippen molar-refractivity contribution in [3.05, 3.63) is 12.7 Å². The van der Waals surface area contributed by atoms with Gasteiger partial charge in [0.05, 0.1) is 6.61 Å². The van der Waals surface area contributed by atoms with Crippen molar-refractivity contribution in [2.24, 2.45) is 5.92 Å². The van der Waals surface area contributed by atoms with E-state index in [1.165, 1.54) is 4.90 Å². The largest absolute Gasteiger partial charge is 0.480 e. The van der Waals surface area contributed by atoms with Crippen molar-refractivity contribution in [2.45, 2.75) is 18.9 Å². The van der Waals surface area contributed by atoms with Crippen LogP contribution in [0.4, 0.5) is 4.79 Å². The quantitative estimate of drug-likeness (QED) is 0.626. The van der Waals surface area contributed by atoms with Crippen LogP contribution < -0.4 is 5.32 Å². The van der Waals surface area contributed by atoms with Crippen LogP contribution >= 0.6 is 0 Å². The van der Waals surface area contributed by atoms with Crippen molar-refractivity contribution in [2.75, 3.05) is 26.8 Å². The molecule has 18 heavy (non-hydrogen) atoms. The Labute approximate surface area is 107 Å². The third-order valence-corrected chi connectivity index (χ3v) is 2.84. The number of amides is 2. The third-order valence-electron chi connectivity index (χ3n) is 2.84. The van der Waals surface area contributed by atoms with Gasteiger partial charge in [0.2, 0.25) is 0 Å². The number of rotatable bonds is 8. The maximum Gasteiger partial charge on any atom is 0.326 e. The van der Waals surface area contributed by atoms with E-state index in [1.54, 1.807) is 13.2 Å². The van der Waals surface area contributed by atoms with E-state index in [1.807, 2.05) is 0 Å². The highest BCUT2D eigenvalue weighted by Gasteiger charge is 2.37. The monoisotopic (exact) mass is 256 g/mol. The summed E-state index contributed by atoms with van der Waals surface area (Å²) >= 11 is 0. The van der Waals surface area contributed by atoms with Crippen LogP contribution in [0.25, 0.3) is 0 Å². The second-order valence-electron chi connectivity index (χ2n) is 4.33. The Hall–Kier alpha value is -1.56. The summed E-state index contributed by atoms with van der Waals surface area (Å²) in [5.74, 6) is -0.907. The maximum absolute atomic E-state index is 11.9. The van der Waals surface area contributed by atoms with E-state index in [9.17, 15) is 9.59 Å². The predicted molar refractivity (Wildman–Crippen MR) is 66.3 cm³/mol. The first-order chi connectivity index (χ1) is 8.60. The fourth-order valence-electron chi connectivity index (χ4n) is 1.67. The molecule has 6 nitrogen and oxygen atoms in total. The van der Waals surface area contributed by atoms with E-state index < -0.39 is 12.0 Å². The predicted octanol–water partition coefficient (Wildman–Crippen LogP) is 0.694. The molecule has 1 aliphatic carbocycles. The van der Waals surface area contributed by atoms with Gasteiger partial charge in [0.25, 0.3) is 0 Å². The minimum Gasteiger partial charge on any atom is -0.480 e. The maximum atomic E-state index is 11.9. The number of nitrogens with one attached hydrogen (secondary N) is 1. The number of nitrogens with zero attached hydrogens (tertiary/aromatic N) is 1. The van der Waals surface area contributed by atoms with Gasteiger partial charge in [-0.05, 0) is 18.8 Å². The molecule has 1 unspecified atom stereocenters. The van der Waals surface area contributed by atoms with Crippen LogP contribution in [0.5, 0.6) is 0 Å². The Morgan fingerprint density at radius 3 is 2.72 bits per heavy atom. The standard InChI is InChI=1S/C12H20N2O4/c1-3-6-14(7-8-18-2)12(17)13-10(11(15)16)9-4-5-9/h3,9-10H,1,4-8H2,2H3,(H,13,17)(H,15,16). The molecule has 0 aromatic heterocycles. The van der Waals surface area contributed by atoms with Gasteiger partial charge in [-0.1, -0.05) is 6.08 Å². The Morgan fingerprint density at radius 1 is 1.61 bits per heavy atom. The number of urea groups is 1. The molecule has 0 aliphatic heterocycles. The van der Waals surface area contributed by atoms with Gasteiger partial charge < -0.3 is 20.1 Å². The number of methoxy groups -OCH3 is 1. The molecule has 6 heteroatoms. The number of aliphatic carboxylic acids is 1. The molecule has 1 saturated carbocycles. The zero-order valence-electron chi connectivity index (χ0n) is 10.6. The molecule has 0 aromatic carbocycles. The van der Waals surface area contributed by atoms with Crippen LogP contribution in [0.2, 0.25) is 0 Å². The number of carboxylic acids is 1. The van der Waals surface area contributed by atoms with Crippen molar-refractivity contribution >= 4 is 12.0 Å². The highest BCUT2D eigenvalue weighted by atomic mass is 16.5. The van der Waals surface area contributed by atoms with Gasteiger partial charge in [-0.15, -0.1) is 6.58 Å². The molecule has 0 aromatic rings. The van der Waals surface area contributed by atoms with E-state index in [4.69, 9.17) is 9.84 Å². The molecule has 0 heterocycles. The summed E-state index contributed by atoms with van der Waals surface area (Å²) in [7, 11) is 1.55. The minimum absolute atomic E-state index is 0.0689. The second kappa shape index (κ2) is 7.00. The second-order valence-corrected chi connectivity index (χ2v) is 4.33. The van der Waals surface area contributed by atoms with Gasteiger partial charge in [-0.2, -0.15) is 0 Å². The molecule has 2 N–H and O–H groups in total. The van der Waals surface area contributed by atoms with Gasteiger partial charge in [0, 0.05) is 20.2 Å². The van der Waals surface area contributed by atoms with Crippen molar-refractivity contribution in [1.82, 2.24) is 10.2 Å². The first-order valence-electron chi connectivity index (χ1n) is 5.98. The summed E-state index contributed by atoms with van der Waals surface area (Å²) in [6.45, 7) is 4.75. The van der Waals surface area contributed by atoms with Crippen molar-refractivity contribution in [3.63, 3.8) is 0 Å². The van der Waals surface area contributed by atoms with E-state index in [-0.39, 0.29) is 11.9 Å². The molecule has 0 bridgehead atoms. The zero-order valence-corrected chi connectivity index (χ0v) is 10.6. The molecule has 2 amide bonds. The lowest BCUT2D eigenvalue weighted by molar-refractivity contribution is -0.139.